The molecule has 0 aliphatic rings. The van der Waals surface area contributed by atoms with Crippen molar-refractivity contribution in [3.8, 4) is 6.07 Å². The van der Waals surface area contributed by atoms with Crippen molar-refractivity contribution >= 4 is 17.6 Å². The summed E-state index contributed by atoms with van der Waals surface area (Å²) in [5.41, 5.74) is 1.01. The number of hydrogen-bond acceptors (Lipinski definition) is 3. The maximum absolute atomic E-state index is 11.7. The SMILES string of the molecule is CC(CCC(=O)O)C(=O)Nc1cccc(C#N)c1. The van der Waals surface area contributed by atoms with E-state index in [2.05, 4.69) is 5.32 Å². The average molecular weight is 246 g/mol. The van der Waals surface area contributed by atoms with E-state index in [1.54, 1.807) is 31.2 Å². The van der Waals surface area contributed by atoms with Crippen LogP contribution < -0.4 is 5.32 Å². The molecule has 1 rings (SSSR count). The van der Waals surface area contributed by atoms with E-state index in [0.29, 0.717) is 17.7 Å². The van der Waals surface area contributed by atoms with E-state index in [9.17, 15) is 9.59 Å². The number of amides is 1. The third-order valence-electron chi connectivity index (χ3n) is 2.50. The van der Waals surface area contributed by atoms with Crippen LogP contribution in [0.3, 0.4) is 0 Å². The maximum atomic E-state index is 11.7. The van der Waals surface area contributed by atoms with Crippen LogP contribution in [0.15, 0.2) is 24.3 Å². The van der Waals surface area contributed by atoms with Crippen LogP contribution in [0, 0.1) is 17.2 Å². The number of carboxylic acid groups (broad SMARTS) is 1. The molecule has 1 aromatic carbocycles. The Bertz CT molecular complexity index is 491. The Morgan fingerprint density at radius 3 is 2.83 bits per heavy atom. The molecular weight excluding hydrogens is 232 g/mol. The van der Waals surface area contributed by atoms with Gasteiger partial charge in [0.15, 0.2) is 0 Å². The van der Waals surface area contributed by atoms with Gasteiger partial charge in [0.1, 0.15) is 0 Å². The second-order valence-electron chi connectivity index (χ2n) is 4.02. The maximum Gasteiger partial charge on any atom is 0.303 e. The molecule has 0 spiro atoms. The molecule has 0 saturated heterocycles. The van der Waals surface area contributed by atoms with E-state index in [-0.39, 0.29) is 18.2 Å². The highest BCUT2D eigenvalue weighted by Crippen LogP contribution is 2.13. The molecule has 0 radical (unpaired) electrons. The Kier molecular flexibility index (Phi) is 4.88. The first-order chi connectivity index (χ1) is 8.52. The number of benzene rings is 1. The Balaban J connectivity index is 2.58. The minimum atomic E-state index is -0.916. The van der Waals surface area contributed by atoms with Gasteiger partial charge >= 0.3 is 5.97 Å². The molecule has 5 heteroatoms. The second-order valence-corrected chi connectivity index (χ2v) is 4.02. The van der Waals surface area contributed by atoms with Crippen molar-refractivity contribution in [2.24, 2.45) is 5.92 Å². The number of carbonyl (C=O) groups is 2. The molecule has 0 bridgehead atoms. The van der Waals surface area contributed by atoms with Crippen molar-refractivity contribution in [3.63, 3.8) is 0 Å². The van der Waals surface area contributed by atoms with Gasteiger partial charge in [-0.15, -0.1) is 0 Å². The van der Waals surface area contributed by atoms with Crippen LogP contribution in [0.25, 0.3) is 0 Å². The Labute approximate surface area is 105 Å². The molecule has 0 heterocycles. The molecule has 5 nitrogen and oxygen atoms in total. The molecular formula is C13H14N2O3. The van der Waals surface area contributed by atoms with E-state index in [4.69, 9.17) is 10.4 Å². The fourth-order valence-electron chi connectivity index (χ4n) is 1.40. The van der Waals surface area contributed by atoms with Gasteiger partial charge in [-0.05, 0) is 24.6 Å². The smallest absolute Gasteiger partial charge is 0.303 e. The van der Waals surface area contributed by atoms with Gasteiger partial charge in [0, 0.05) is 18.0 Å². The van der Waals surface area contributed by atoms with E-state index in [1.807, 2.05) is 6.07 Å². The number of aliphatic carboxylic acids is 1. The van der Waals surface area contributed by atoms with Crippen molar-refractivity contribution < 1.29 is 14.7 Å². The summed E-state index contributed by atoms with van der Waals surface area (Å²) in [7, 11) is 0. The molecule has 1 atom stereocenters. The summed E-state index contributed by atoms with van der Waals surface area (Å²) in [5.74, 6) is -1.54. The molecule has 1 aromatic rings. The van der Waals surface area contributed by atoms with Gasteiger partial charge in [-0.25, -0.2) is 0 Å². The third kappa shape index (κ3) is 4.26. The predicted octanol–water partition coefficient (Wildman–Crippen LogP) is 2.00. The summed E-state index contributed by atoms with van der Waals surface area (Å²) in [4.78, 5) is 22.1. The Morgan fingerprint density at radius 2 is 2.22 bits per heavy atom. The molecule has 2 N–H and O–H groups in total. The predicted molar refractivity (Wildman–Crippen MR) is 65.8 cm³/mol. The molecule has 94 valence electrons. The Morgan fingerprint density at radius 1 is 1.50 bits per heavy atom. The third-order valence-corrected chi connectivity index (χ3v) is 2.50. The van der Waals surface area contributed by atoms with Crippen LogP contribution in [0.4, 0.5) is 5.69 Å². The lowest BCUT2D eigenvalue weighted by atomic mass is 10.0. The molecule has 18 heavy (non-hydrogen) atoms. The van der Waals surface area contributed by atoms with Crippen molar-refractivity contribution in [3.05, 3.63) is 29.8 Å². The minimum Gasteiger partial charge on any atom is -0.481 e. The van der Waals surface area contributed by atoms with Crippen molar-refractivity contribution in [1.29, 1.82) is 5.26 Å². The topological polar surface area (TPSA) is 90.2 Å². The number of rotatable bonds is 5. The largest absolute Gasteiger partial charge is 0.481 e. The lowest BCUT2D eigenvalue weighted by molar-refractivity contribution is -0.137. The standard InChI is InChI=1S/C13H14N2O3/c1-9(5-6-12(16)17)13(18)15-11-4-2-3-10(7-11)8-14/h2-4,7,9H,5-6H2,1H3,(H,15,18)(H,16,17). The van der Waals surface area contributed by atoms with Gasteiger partial charge in [-0.1, -0.05) is 13.0 Å². The van der Waals surface area contributed by atoms with E-state index in [1.165, 1.54) is 0 Å². The van der Waals surface area contributed by atoms with Crippen molar-refractivity contribution in [2.45, 2.75) is 19.8 Å². The number of carboxylic acids is 1. The van der Waals surface area contributed by atoms with Crippen molar-refractivity contribution in [2.75, 3.05) is 5.32 Å². The van der Waals surface area contributed by atoms with Gasteiger partial charge < -0.3 is 10.4 Å². The second kappa shape index (κ2) is 6.40. The Hall–Kier alpha value is -2.35. The number of anilines is 1. The summed E-state index contributed by atoms with van der Waals surface area (Å²) < 4.78 is 0. The minimum absolute atomic E-state index is 0.0349. The molecule has 0 saturated carbocycles. The lowest BCUT2D eigenvalue weighted by Crippen LogP contribution is -2.21. The molecule has 0 fully saturated rings. The zero-order valence-electron chi connectivity index (χ0n) is 10.0. The van der Waals surface area contributed by atoms with Crippen LogP contribution in [0.5, 0.6) is 0 Å². The fourth-order valence-corrected chi connectivity index (χ4v) is 1.40. The van der Waals surface area contributed by atoms with Gasteiger partial charge in [0.2, 0.25) is 5.91 Å². The molecule has 0 aromatic heterocycles. The summed E-state index contributed by atoms with van der Waals surface area (Å²) >= 11 is 0. The monoisotopic (exact) mass is 246 g/mol. The van der Waals surface area contributed by atoms with Crippen molar-refractivity contribution in [1.82, 2.24) is 0 Å². The highest BCUT2D eigenvalue weighted by Gasteiger charge is 2.14. The first-order valence-corrected chi connectivity index (χ1v) is 5.55. The lowest BCUT2D eigenvalue weighted by Gasteiger charge is -2.11. The number of nitriles is 1. The van der Waals surface area contributed by atoms with Gasteiger partial charge in [-0.2, -0.15) is 5.26 Å². The van der Waals surface area contributed by atoms with Gasteiger partial charge in [0.05, 0.1) is 11.6 Å². The van der Waals surface area contributed by atoms with Crippen LogP contribution in [0.1, 0.15) is 25.3 Å². The quantitative estimate of drug-likeness (QED) is 0.831. The number of hydrogen-bond donors (Lipinski definition) is 2. The number of nitrogens with zero attached hydrogens (tertiary/aromatic N) is 1. The van der Waals surface area contributed by atoms with Crippen LogP contribution in [-0.2, 0) is 9.59 Å². The van der Waals surface area contributed by atoms with Gasteiger partial charge in [0.25, 0.3) is 0 Å². The first-order valence-electron chi connectivity index (χ1n) is 5.55. The van der Waals surface area contributed by atoms with Crippen LogP contribution in [0.2, 0.25) is 0 Å². The highest BCUT2D eigenvalue weighted by molar-refractivity contribution is 5.92. The summed E-state index contributed by atoms with van der Waals surface area (Å²) in [6.07, 6.45) is 0.256. The molecule has 1 amide bonds. The van der Waals surface area contributed by atoms with E-state index in [0.717, 1.165) is 0 Å². The summed E-state index contributed by atoms with van der Waals surface area (Å²) in [6, 6.07) is 8.55. The highest BCUT2D eigenvalue weighted by atomic mass is 16.4. The average Bonchev–Trinajstić information content (AvgIpc) is 2.36. The van der Waals surface area contributed by atoms with Crippen LogP contribution >= 0.6 is 0 Å². The fraction of sp³-hybridized carbons (Fsp3) is 0.308. The summed E-state index contributed by atoms with van der Waals surface area (Å²) in [6.45, 7) is 1.67. The zero-order valence-corrected chi connectivity index (χ0v) is 10.0. The normalized spacial score (nSPS) is 11.3. The molecule has 0 aliphatic heterocycles. The summed E-state index contributed by atoms with van der Waals surface area (Å²) in [5, 5.41) is 19.9. The number of carbonyl (C=O) groups excluding carboxylic acids is 1. The van der Waals surface area contributed by atoms with Crippen LogP contribution in [-0.4, -0.2) is 17.0 Å². The molecule has 0 aliphatic carbocycles. The van der Waals surface area contributed by atoms with E-state index >= 15 is 0 Å². The van der Waals surface area contributed by atoms with E-state index < -0.39 is 5.97 Å². The van der Waals surface area contributed by atoms with Gasteiger partial charge in [-0.3, -0.25) is 9.59 Å². The first kappa shape index (κ1) is 13.7. The zero-order chi connectivity index (χ0) is 13.5. The number of nitrogens with one attached hydrogen (secondary N) is 1. The molecule has 1 unspecified atom stereocenters.